The average molecular weight is 315 g/mol. The van der Waals surface area contributed by atoms with E-state index in [0.29, 0.717) is 0 Å². The van der Waals surface area contributed by atoms with Gasteiger partial charge in [0.25, 0.3) is 0 Å². The fourth-order valence-electron chi connectivity index (χ4n) is 2.40. The van der Waals surface area contributed by atoms with E-state index in [0.717, 1.165) is 28.7 Å². The Balaban J connectivity index is 2.10. The Hall–Kier alpha value is -2.56. The first kappa shape index (κ1) is 16.8. The molecule has 1 aromatic carbocycles. The molecule has 1 amide bonds. The van der Waals surface area contributed by atoms with Gasteiger partial charge in [-0.2, -0.15) is 0 Å². The number of esters is 1. The number of furan rings is 1. The second kappa shape index (κ2) is 7.63. The highest BCUT2D eigenvalue weighted by molar-refractivity contribution is 5.96. The molecule has 1 heterocycles. The number of aryl methyl sites for hydroxylation is 1. The molecule has 0 spiro atoms. The first-order chi connectivity index (χ1) is 11.0. The molecule has 5 heteroatoms. The van der Waals surface area contributed by atoms with Gasteiger partial charge in [0.1, 0.15) is 11.3 Å². The first-order valence-electron chi connectivity index (χ1n) is 7.61. The van der Waals surface area contributed by atoms with Gasteiger partial charge in [0, 0.05) is 29.5 Å². The molecule has 0 fully saturated rings. The number of para-hydroxylation sites is 1. The Morgan fingerprint density at radius 2 is 2.09 bits per heavy atom. The predicted molar refractivity (Wildman–Crippen MR) is 88.9 cm³/mol. The van der Waals surface area contributed by atoms with E-state index in [1.165, 1.54) is 13.2 Å². The van der Waals surface area contributed by atoms with Gasteiger partial charge in [0.2, 0.25) is 5.91 Å². The molecule has 0 saturated carbocycles. The molecule has 1 aromatic heterocycles. The highest BCUT2D eigenvalue weighted by Gasteiger charge is 2.12. The number of hydrogen-bond acceptors (Lipinski definition) is 4. The first-order valence-corrected chi connectivity index (χ1v) is 7.61. The van der Waals surface area contributed by atoms with E-state index < -0.39 is 0 Å². The molecule has 122 valence electrons. The van der Waals surface area contributed by atoms with E-state index in [9.17, 15) is 9.59 Å². The van der Waals surface area contributed by atoms with Crippen LogP contribution >= 0.6 is 0 Å². The molecule has 0 aliphatic heterocycles. The number of amides is 1. The van der Waals surface area contributed by atoms with Crippen LogP contribution < -0.4 is 5.32 Å². The summed E-state index contributed by atoms with van der Waals surface area (Å²) in [6, 6.07) is 7.44. The summed E-state index contributed by atoms with van der Waals surface area (Å²) < 4.78 is 10.4. The number of nitrogens with one attached hydrogen (secondary N) is 1. The maximum Gasteiger partial charge on any atom is 0.307 e. The third-order valence-corrected chi connectivity index (χ3v) is 3.52. The molecule has 1 unspecified atom stereocenters. The molecule has 0 aliphatic rings. The third-order valence-electron chi connectivity index (χ3n) is 3.52. The maximum absolute atomic E-state index is 12.0. The minimum absolute atomic E-state index is 0.144. The Kier molecular flexibility index (Phi) is 5.57. The van der Waals surface area contributed by atoms with Crippen LogP contribution in [0.15, 0.2) is 34.8 Å². The Bertz CT molecular complexity index is 730. The number of benzene rings is 1. The zero-order valence-corrected chi connectivity index (χ0v) is 13.6. The largest absolute Gasteiger partial charge is 0.469 e. The average Bonchev–Trinajstić information content (AvgIpc) is 2.90. The van der Waals surface area contributed by atoms with Crippen molar-refractivity contribution < 1.29 is 18.7 Å². The molecular formula is C18H21NO4. The van der Waals surface area contributed by atoms with Crippen molar-refractivity contribution >= 4 is 28.9 Å². The second-order valence-corrected chi connectivity index (χ2v) is 5.31. The van der Waals surface area contributed by atoms with E-state index in [-0.39, 0.29) is 24.3 Å². The summed E-state index contributed by atoms with van der Waals surface area (Å²) in [4.78, 5) is 23.1. The summed E-state index contributed by atoms with van der Waals surface area (Å²) in [5.41, 5.74) is 1.72. The smallest absolute Gasteiger partial charge is 0.307 e. The lowest BCUT2D eigenvalue weighted by molar-refractivity contribution is -0.141. The molecule has 23 heavy (non-hydrogen) atoms. The third kappa shape index (κ3) is 4.22. The van der Waals surface area contributed by atoms with Crippen LogP contribution in [0.25, 0.3) is 17.0 Å². The van der Waals surface area contributed by atoms with E-state index in [1.54, 1.807) is 13.0 Å². The van der Waals surface area contributed by atoms with Gasteiger partial charge >= 0.3 is 5.97 Å². The van der Waals surface area contributed by atoms with E-state index in [1.807, 2.05) is 31.2 Å². The molecule has 5 nitrogen and oxygen atoms in total. The van der Waals surface area contributed by atoms with Crippen LogP contribution in [0.4, 0.5) is 0 Å². The fraction of sp³-hybridized carbons (Fsp3) is 0.333. The van der Waals surface area contributed by atoms with Crippen LogP contribution in [-0.4, -0.2) is 25.0 Å². The standard InChI is InChI=1S/C18H21NO4/c1-4-15-14(13-7-5-6-8-16(13)23-15)9-10-17(20)19-12(2)11-18(21)22-3/h5-10,12H,4,11H2,1-3H3,(H,19,20)/b10-9+. The highest BCUT2D eigenvalue weighted by atomic mass is 16.5. The molecule has 2 rings (SSSR count). The molecular weight excluding hydrogens is 294 g/mol. The van der Waals surface area contributed by atoms with E-state index >= 15 is 0 Å². The molecule has 0 bridgehead atoms. The van der Waals surface area contributed by atoms with Gasteiger partial charge in [-0.1, -0.05) is 25.1 Å². The number of carbonyl (C=O) groups excluding carboxylic acids is 2. The van der Waals surface area contributed by atoms with Crippen molar-refractivity contribution in [2.24, 2.45) is 0 Å². The minimum atomic E-state index is -0.351. The highest BCUT2D eigenvalue weighted by Crippen LogP contribution is 2.27. The van der Waals surface area contributed by atoms with Crippen LogP contribution in [0.2, 0.25) is 0 Å². The van der Waals surface area contributed by atoms with Gasteiger partial charge in [-0.05, 0) is 19.1 Å². The summed E-state index contributed by atoms with van der Waals surface area (Å²) in [7, 11) is 1.33. The quantitative estimate of drug-likeness (QED) is 0.657. The Morgan fingerprint density at radius 1 is 1.35 bits per heavy atom. The molecule has 0 aliphatic carbocycles. The number of fused-ring (bicyclic) bond motifs is 1. The van der Waals surface area contributed by atoms with Crippen LogP contribution in [-0.2, 0) is 20.7 Å². The molecule has 1 atom stereocenters. The maximum atomic E-state index is 12.0. The molecule has 0 radical (unpaired) electrons. The number of hydrogen-bond donors (Lipinski definition) is 1. The summed E-state index contributed by atoms with van der Waals surface area (Å²) >= 11 is 0. The number of methoxy groups -OCH3 is 1. The predicted octanol–water partition coefficient (Wildman–Crippen LogP) is 3.08. The van der Waals surface area contributed by atoms with Gasteiger partial charge in [0.15, 0.2) is 0 Å². The van der Waals surface area contributed by atoms with Gasteiger partial charge in [0.05, 0.1) is 13.5 Å². The van der Waals surface area contributed by atoms with Crippen molar-refractivity contribution in [3.8, 4) is 0 Å². The van der Waals surface area contributed by atoms with E-state index in [4.69, 9.17) is 4.42 Å². The van der Waals surface area contributed by atoms with Crippen molar-refractivity contribution in [2.75, 3.05) is 7.11 Å². The summed E-state index contributed by atoms with van der Waals surface area (Å²) in [6.45, 7) is 3.76. The van der Waals surface area contributed by atoms with Crippen LogP contribution in [0.1, 0.15) is 31.6 Å². The van der Waals surface area contributed by atoms with Crippen molar-refractivity contribution in [3.05, 3.63) is 41.7 Å². The zero-order chi connectivity index (χ0) is 16.8. The molecule has 0 saturated heterocycles. The topological polar surface area (TPSA) is 68.5 Å². The van der Waals surface area contributed by atoms with Crippen molar-refractivity contribution in [3.63, 3.8) is 0 Å². The van der Waals surface area contributed by atoms with Crippen LogP contribution in [0.5, 0.6) is 0 Å². The summed E-state index contributed by atoms with van der Waals surface area (Å²) in [5, 5.41) is 3.72. The van der Waals surface area contributed by atoms with E-state index in [2.05, 4.69) is 10.1 Å². The second-order valence-electron chi connectivity index (χ2n) is 5.31. The lowest BCUT2D eigenvalue weighted by atomic mass is 10.1. The normalized spacial score (nSPS) is 12.5. The van der Waals surface area contributed by atoms with Crippen LogP contribution in [0, 0.1) is 0 Å². The van der Waals surface area contributed by atoms with Crippen molar-refractivity contribution in [2.45, 2.75) is 32.7 Å². The van der Waals surface area contributed by atoms with Crippen LogP contribution in [0.3, 0.4) is 0 Å². The molecule has 1 N–H and O–H groups in total. The van der Waals surface area contributed by atoms with Crippen molar-refractivity contribution in [1.82, 2.24) is 5.32 Å². The SMILES string of the molecule is CCc1oc2ccccc2c1/C=C/C(=O)NC(C)CC(=O)OC. The zero-order valence-electron chi connectivity index (χ0n) is 13.6. The van der Waals surface area contributed by atoms with Gasteiger partial charge < -0.3 is 14.5 Å². The lowest BCUT2D eigenvalue weighted by Crippen LogP contribution is -2.33. The number of ether oxygens (including phenoxy) is 1. The summed E-state index contributed by atoms with van der Waals surface area (Å²) in [5.74, 6) is 0.238. The number of rotatable bonds is 6. The summed E-state index contributed by atoms with van der Waals surface area (Å²) in [6.07, 6.45) is 4.11. The van der Waals surface area contributed by atoms with Gasteiger partial charge in [-0.3, -0.25) is 9.59 Å². The minimum Gasteiger partial charge on any atom is -0.469 e. The van der Waals surface area contributed by atoms with Gasteiger partial charge in [-0.25, -0.2) is 0 Å². The monoisotopic (exact) mass is 315 g/mol. The Labute approximate surface area is 135 Å². The number of carbonyl (C=O) groups is 2. The van der Waals surface area contributed by atoms with Gasteiger partial charge in [-0.15, -0.1) is 0 Å². The Morgan fingerprint density at radius 3 is 2.78 bits per heavy atom. The fourth-order valence-corrected chi connectivity index (χ4v) is 2.40. The lowest BCUT2D eigenvalue weighted by Gasteiger charge is -2.10. The van der Waals surface area contributed by atoms with Crippen molar-refractivity contribution in [1.29, 1.82) is 0 Å². The molecule has 2 aromatic rings.